The third-order valence-corrected chi connectivity index (χ3v) is 3.61. The molecule has 0 spiro atoms. The summed E-state index contributed by atoms with van der Waals surface area (Å²) in [6.07, 6.45) is 1.74. The molecule has 0 fully saturated rings. The van der Waals surface area contributed by atoms with E-state index < -0.39 is 0 Å². The summed E-state index contributed by atoms with van der Waals surface area (Å²) in [5.41, 5.74) is 7.25. The van der Waals surface area contributed by atoms with Crippen molar-refractivity contribution in [2.75, 3.05) is 5.73 Å². The predicted octanol–water partition coefficient (Wildman–Crippen LogP) is 4.14. The summed E-state index contributed by atoms with van der Waals surface area (Å²) in [4.78, 5) is 4.33. The lowest BCUT2D eigenvalue weighted by molar-refractivity contribution is 0.630. The first-order chi connectivity index (χ1) is 9.08. The maximum absolute atomic E-state index is 13.9. The maximum Gasteiger partial charge on any atom is 0.157 e. The van der Waals surface area contributed by atoms with E-state index in [4.69, 9.17) is 17.3 Å². The van der Waals surface area contributed by atoms with Crippen molar-refractivity contribution in [3.8, 4) is 11.3 Å². The Balaban J connectivity index is 2.34. The van der Waals surface area contributed by atoms with Crippen LogP contribution in [0.25, 0.3) is 16.9 Å². The second-order valence-corrected chi connectivity index (χ2v) is 5.34. The average Bonchev–Trinajstić information content (AvgIpc) is 2.72. The molecule has 0 amide bonds. The quantitative estimate of drug-likeness (QED) is 0.723. The SMILES string of the molecule is Nc1c(-c2cc(Br)ccc2F)nc2c(Cl)cccn12. The molecule has 2 aromatic heterocycles. The monoisotopic (exact) mass is 339 g/mol. The Morgan fingerprint density at radius 1 is 1.32 bits per heavy atom. The van der Waals surface area contributed by atoms with E-state index in [9.17, 15) is 4.39 Å². The van der Waals surface area contributed by atoms with Gasteiger partial charge < -0.3 is 5.73 Å². The molecule has 0 unspecified atom stereocenters. The van der Waals surface area contributed by atoms with Gasteiger partial charge in [-0.2, -0.15) is 0 Å². The zero-order valence-corrected chi connectivity index (χ0v) is 11.9. The van der Waals surface area contributed by atoms with E-state index in [0.717, 1.165) is 4.47 Å². The van der Waals surface area contributed by atoms with Crippen molar-refractivity contribution in [2.24, 2.45) is 0 Å². The van der Waals surface area contributed by atoms with Gasteiger partial charge in [0.1, 0.15) is 17.3 Å². The van der Waals surface area contributed by atoms with Crippen molar-refractivity contribution in [3.05, 3.63) is 51.8 Å². The summed E-state index contributed by atoms with van der Waals surface area (Å²) >= 11 is 9.37. The number of benzene rings is 1. The molecule has 3 rings (SSSR count). The van der Waals surface area contributed by atoms with Gasteiger partial charge in [0.2, 0.25) is 0 Å². The number of imidazole rings is 1. The molecule has 96 valence electrons. The van der Waals surface area contributed by atoms with E-state index in [0.29, 0.717) is 27.7 Å². The summed E-state index contributed by atoms with van der Waals surface area (Å²) in [5, 5.41) is 0.468. The first-order valence-electron chi connectivity index (χ1n) is 5.45. The van der Waals surface area contributed by atoms with Gasteiger partial charge in [0.25, 0.3) is 0 Å². The number of nitrogens with zero attached hydrogens (tertiary/aromatic N) is 2. The van der Waals surface area contributed by atoms with Crippen LogP contribution in [-0.4, -0.2) is 9.38 Å². The van der Waals surface area contributed by atoms with Crippen LogP contribution < -0.4 is 5.73 Å². The van der Waals surface area contributed by atoms with Gasteiger partial charge in [-0.15, -0.1) is 0 Å². The first-order valence-corrected chi connectivity index (χ1v) is 6.62. The van der Waals surface area contributed by atoms with Gasteiger partial charge in [-0.25, -0.2) is 9.37 Å². The van der Waals surface area contributed by atoms with E-state index >= 15 is 0 Å². The van der Waals surface area contributed by atoms with Crippen LogP contribution in [0.3, 0.4) is 0 Å². The molecule has 2 heterocycles. The van der Waals surface area contributed by atoms with Crippen LogP contribution in [0.1, 0.15) is 0 Å². The molecular formula is C13H8BrClFN3. The van der Waals surface area contributed by atoms with Gasteiger partial charge in [0, 0.05) is 16.2 Å². The highest BCUT2D eigenvalue weighted by Gasteiger charge is 2.16. The zero-order valence-electron chi connectivity index (χ0n) is 9.57. The summed E-state index contributed by atoms with van der Waals surface area (Å²) < 4.78 is 16.3. The molecule has 0 atom stereocenters. The van der Waals surface area contributed by atoms with E-state index in [1.54, 1.807) is 34.9 Å². The summed E-state index contributed by atoms with van der Waals surface area (Å²) in [6.45, 7) is 0. The number of aromatic nitrogens is 2. The molecule has 0 aliphatic rings. The Hall–Kier alpha value is -1.59. The van der Waals surface area contributed by atoms with Crippen LogP contribution in [0.5, 0.6) is 0 Å². The molecule has 3 aromatic rings. The van der Waals surface area contributed by atoms with Crippen molar-refractivity contribution in [1.29, 1.82) is 0 Å². The van der Waals surface area contributed by atoms with Crippen molar-refractivity contribution < 1.29 is 4.39 Å². The lowest BCUT2D eigenvalue weighted by Gasteiger charge is -2.02. The Morgan fingerprint density at radius 2 is 2.11 bits per heavy atom. The standard InChI is InChI=1S/C13H8BrClFN3/c14-7-3-4-10(16)8(6-7)11-12(17)19-5-1-2-9(15)13(19)18-11/h1-6H,17H2. The highest BCUT2D eigenvalue weighted by molar-refractivity contribution is 9.10. The fraction of sp³-hybridized carbons (Fsp3) is 0. The summed E-state index contributed by atoms with van der Waals surface area (Å²) in [7, 11) is 0. The van der Waals surface area contributed by atoms with Crippen LogP contribution in [-0.2, 0) is 0 Å². The number of anilines is 1. The fourth-order valence-electron chi connectivity index (χ4n) is 1.93. The highest BCUT2D eigenvalue weighted by Crippen LogP contribution is 2.32. The topological polar surface area (TPSA) is 43.3 Å². The second kappa shape index (κ2) is 4.51. The third kappa shape index (κ3) is 1.99. The minimum atomic E-state index is -0.380. The van der Waals surface area contributed by atoms with Gasteiger partial charge in [0.15, 0.2) is 5.65 Å². The Kier molecular flexibility index (Phi) is 2.95. The highest BCUT2D eigenvalue weighted by atomic mass is 79.9. The Labute approximate surface area is 122 Å². The van der Waals surface area contributed by atoms with E-state index in [2.05, 4.69) is 20.9 Å². The minimum absolute atomic E-state index is 0.339. The van der Waals surface area contributed by atoms with E-state index in [1.165, 1.54) is 6.07 Å². The van der Waals surface area contributed by atoms with Gasteiger partial charge in [-0.05, 0) is 30.3 Å². The lowest BCUT2D eigenvalue weighted by Crippen LogP contribution is -1.95. The molecule has 0 bridgehead atoms. The van der Waals surface area contributed by atoms with Gasteiger partial charge in [0.05, 0.1) is 5.02 Å². The molecule has 6 heteroatoms. The van der Waals surface area contributed by atoms with Crippen molar-refractivity contribution in [3.63, 3.8) is 0 Å². The third-order valence-electron chi connectivity index (χ3n) is 2.82. The number of fused-ring (bicyclic) bond motifs is 1. The molecular weight excluding hydrogens is 333 g/mol. The minimum Gasteiger partial charge on any atom is -0.383 e. The number of halogens is 3. The molecule has 0 radical (unpaired) electrons. The number of nitrogen functional groups attached to an aromatic ring is 1. The van der Waals surface area contributed by atoms with Crippen molar-refractivity contribution >= 4 is 39.0 Å². The number of nitrogens with two attached hydrogens (primary N) is 1. The zero-order chi connectivity index (χ0) is 13.6. The molecule has 0 saturated carbocycles. The van der Waals surface area contributed by atoms with E-state index in [-0.39, 0.29) is 5.82 Å². The summed E-state index contributed by atoms with van der Waals surface area (Å²) in [5.74, 6) is -0.0241. The number of hydrogen-bond donors (Lipinski definition) is 1. The number of pyridine rings is 1. The van der Waals surface area contributed by atoms with Crippen LogP contribution in [0, 0.1) is 5.82 Å². The predicted molar refractivity (Wildman–Crippen MR) is 77.7 cm³/mol. The van der Waals surface area contributed by atoms with Crippen LogP contribution >= 0.6 is 27.5 Å². The van der Waals surface area contributed by atoms with Gasteiger partial charge in [-0.3, -0.25) is 4.40 Å². The van der Waals surface area contributed by atoms with E-state index in [1.807, 2.05) is 0 Å². The van der Waals surface area contributed by atoms with Gasteiger partial charge in [-0.1, -0.05) is 27.5 Å². The molecule has 19 heavy (non-hydrogen) atoms. The average molecular weight is 341 g/mol. The van der Waals surface area contributed by atoms with Crippen LogP contribution in [0.2, 0.25) is 5.02 Å². The van der Waals surface area contributed by atoms with Crippen molar-refractivity contribution in [1.82, 2.24) is 9.38 Å². The van der Waals surface area contributed by atoms with Gasteiger partial charge >= 0.3 is 0 Å². The van der Waals surface area contributed by atoms with Crippen LogP contribution in [0.4, 0.5) is 10.2 Å². The first kappa shape index (κ1) is 12.4. The molecule has 1 aromatic carbocycles. The molecule has 0 aliphatic carbocycles. The number of rotatable bonds is 1. The Bertz CT molecular complexity index is 785. The summed E-state index contributed by atoms with van der Waals surface area (Å²) in [6, 6.07) is 8.10. The van der Waals surface area contributed by atoms with Crippen LogP contribution in [0.15, 0.2) is 41.0 Å². The second-order valence-electron chi connectivity index (χ2n) is 4.02. The smallest absolute Gasteiger partial charge is 0.157 e. The fourth-order valence-corrected chi connectivity index (χ4v) is 2.50. The Morgan fingerprint density at radius 3 is 2.84 bits per heavy atom. The largest absolute Gasteiger partial charge is 0.383 e. The molecule has 0 aliphatic heterocycles. The maximum atomic E-state index is 13.9. The molecule has 3 nitrogen and oxygen atoms in total. The normalized spacial score (nSPS) is 11.1. The number of hydrogen-bond acceptors (Lipinski definition) is 2. The molecule has 2 N–H and O–H groups in total. The van der Waals surface area contributed by atoms with Crippen molar-refractivity contribution in [2.45, 2.75) is 0 Å². The lowest BCUT2D eigenvalue weighted by atomic mass is 10.1. The molecule has 0 saturated heterocycles.